The lowest BCUT2D eigenvalue weighted by Gasteiger charge is -2.05. The topological polar surface area (TPSA) is 13.1 Å². The first-order chi connectivity index (χ1) is 9.74. The van der Waals surface area contributed by atoms with E-state index < -0.39 is 0 Å². The molecule has 0 aliphatic carbocycles. The number of aryl methyl sites for hydroxylation is 1. The number of hydrogen-bond donors (Lipinski definition) is 0. The molecule has 1 aromatic heterocycles. The second-order valence-electron chi connectivity index (χ2n) is 4.64. The second-order valence-corrected chi connectivity index (χ2v) is 5.70. The summed E-state index contributed by atoms with van der Waals surface area (Å²) in [4.78, 5) is 0. The average Bonchev–Trinajstić information content (AvgIpc) is 2.81. The zero-order valence-corrected chi connectivity index (χ0v) is 12.4. The molecular formula is C17H16NOS+. The van der Waals surface area contributed by atoms with Crippen LogP contribution in [-0.2, 0) is 7.05 Å². The van der Waals surface area contributed by atoms with Gasteiger partial charge in [0.15, 0.2) is 0 Å². The Kier molecular flexibility index (Phi) is 3.52. The van der Waals surface area contributed by atoms with Crippen LogP contribution in [0.25, 0.3) is 11.3 Å². The lowest BCUT2D eigenvalue weighted by molar-refractivity contribution is -0.661. The second kappa shape index (κ2) is 5.47. The summed E-state index contributed by atoms with van der Waals surface area (Å²) in [5.41, 5.74) is 2.44. The third kappa shape index (κ3) is 2.58. The minimum atomic E-state index is 0.856. The Morgan fingerprint density at radius 1 is 0.900 bits per heavy atom. The van der Waals surface area contributed by atoms with Crippen LogP contribution in [0.5, 0.6) is 11.5 Å². The third-order valence-corrected chi connectivity index (χ3v) is 4.26. The molecule has 0 aliphatic rings. The summed E-state index contributed by atoms with van der Waals surface area (Å²) in [5.74, 6) is 1.71. The number of aromatic nitrogens is 1. The van der Waals surface area contributed by atoms with Crippen LogP contribution in [0.2, 0.25) is 0 Å². The van der Waals surface area contributed by atoms with Crippen LogP contribution >= 0.6 is 11.3 Å². The molecule has 3 heteroatoms. The maximum Gasteiger partial charge on any atom is 0.234 e. The normalized spacial score (nSPS) is 10.5. The number of thiazole rings is 1. The Morgan fingerprint density at radius 3 is 2.15 bits per heavy atom. The molecule has 0 N–H and O–H groups in total. The molecule has 3 rings (SSSR count). The van der Waals surface area contributed by atoms with E-state index in [9.17, 15) is 0 Å². The Morgan fingerprint density at radius 2 is 1.55 bits per heavy atom. The molecule has 20 heavy (non-hydrogen) atoms. The number of benzene rings is 2. The van der Waals surface area contributed by atoms with Crippen molar-refractivity contribution in [2.45, 2.75) is 6.92 Å². The predicted molar refractivity (Wildman–Crippen MR) is 82.2 cm³/mol. The summed E-state index contributed by atoms with van der Waals surface area (Å²) in [6.45, 7) is 2.13. The summed E-state index contributed by atoms with van der Waals surface area (Å²) in [6, 6.07) is 18.0. The molecule has 3 aromatic rings. The Hall–Kier alpha value is -2.13. The largest absolute Gasteiger partial charge is 0.457 e. The van der Waals surface area contributed by atoms with Crippen LogP contribution in [0.4, 0.5) is 0 Å². The van der Waals surface area contributed by atoms with Gasteiger partial charge in [0, 0.05) is 12.5 Å². The maximum absolute atomic E-state index is 5.80. The molecule has 0 amide bonds. The molecule has 0 saturated carbocycles. The molecule has 0 spiro atoms. The van der Waals surface area contributed by atoms with Crippen molar-refractivity contribution in [2.75, 3.05) is 0 Å². The predicted octanol–water partition coefficient (Wildman–Crippen LogP) is 4.34. The smallest absolute Gasteiger partial charge is 0.234 e. The number of nitrogens with zero attached hydrogens (tertiary/aromatic N) is 1. The van der Waals surface area contributed by atoms with Gasteiger partial charge in [-0.2, -0.15) is 4.57 Å². The van der Waals surface area contributed by atoms with Gasteiger partial charge in [-0.1, -0.05) is 29.5 Å². The Balaban J connectivity index is 1.83. The molecule has 0 bridgehead atoms. The van der Waals surface area contributed by atoms with Crippen molar-refractivity contribution >= 4 is 11.3 Å². The lowest BCUT2D eigenvalue weighted by Crippen LogP contribution is -2.30. The van der Waals surface area contributed by atoms with Crippen molar-refractivity contribution in [2.24, 2.45) is 7.05 Å². The third-order valence-electron chi connectivity index (χ3n) is 3.30. The number of ether oxygens (including phenoxy) is 1. The van der Waals surface area contributed by atoms with Gasteiger partial charge in [-0.25, -0.2) is 0 Å². The highest BCUT2D eigenvalue weighted by Crippen LogP contribution is 2.25. The van der Waals surface area contributed by atoms with Crippen molar-refractivity contribution in [3.63, 3.8) is 0 Å². The van der Waals surface area contributed by atoms with Crippen LogP contribution in [-0.4, -0.2) is 0 Å². The van der Waals surface area contributed by atoms with Gasteiger partial charge in [0.1, 0.15) is 18.5 Å². The molecule has 0 radical (unpaired) electrons. The van der Waals surface area contributed by atoms with Crippen LogP contribution < -0.4 is 9.30 Å². The fourth-order valence-corrected chi connectivity index (χ4v) is 2.88. The fraction of sp³-hybridized carbons (Fsp3) is 0.118. The van der Waals surface area contributed by atoms with Gasteiger partial charge in [0.05, 0.1) is 5.38 Å². The minimum absolute atomic E-state index is 0.856. The average molecular weight is 282 g/mol. The fourth-order valence-electron chi connectivity index (χ4n) is 2.05. The number of para-hydroxylation sites is 1. The SMILES string of the molecule is Cc1scc(-c2ccc(Oc3ccccc3)cc2)[n+]1C. The van der Waals surface area contributed by atoms with Crippen molar-refractivity contribution in [3.8, 4) is 22.8 Å². The van der Waals surface area contributed by atoms with Crippen LogP contribution in [0.15, 0.2) is 60.0 Å². The summed E-state index contributed by atoms with van der Waals surface area (Å²) in [7, 11) is 2.09. The highest BCUT2D eigenvalue weighted by Gasteiger charge is 2.14. The van der Waals surface area contributed by atoms with Gasteiger partial charge in [0.25, 0.3) is 0 Å². The summed E-state index contributed by atoms with van der Waals surface area (Å²) >= 11 is 1.76. The zero-order valence-electron chi connectivity index (χ0n) is 11.5. The van der Waals surface area contributed by atoms with Crippen LogP contribution in [0.3, 0.4) is 0 Å². The number of rotatable bonds is 3. The summed E-state index contributed by atoms with van der Waals surface area (Å²) in [6.07, 6.45) is 0. The first-order valence-corrected chi connectivity index (χ1v) is 7.39. The molecule has 0 fully saturated rings. The van der Waals surface area contributed by atoms with E-state index in [1.807, 2.05) is 42.5 Å². The van der Waals surface area contributed by atoms with E-state index in [4.69, 9.17) is 4.74 Å². The lowest BCUT2D eigenvalue weighted by atomic mass is 10.1. The van der Waals surface area contributed by atoms with Crippen molar-refractivity contribution in [1.29, 1.82) is 0 Å². The Labute approximate surface area is 122 Å². The molecule has 0 saturated heterocycles. The standard InChI is InChI=1S/C17H16NOS/c1-13-18(2)17(12-20-13)14-8-10-16(11-9-14)19-15-6-4-3-5-7-15/h3-12H,1-2H3/q+1. The molecule has 2 aromatic carbocycles. The summed E-state index contributed by atoms with van der Waals surface area (Å²) < 4.78 is 8.01. The van der Waals surface area contributed by atoms with E-state index in [0.717, 1.165) is 11.5 Å². The van der Waals surface area contributed by atoms with Gasteiger partial charge in [-0.15, -0.1) is 0 Å². The van der Waals surface area contributed by atoms with Gasteiger partial charge in [-0.05, 0) is 36.4 Å². The van der Waals surface area contributed by atoms with Gasteiger partial charge in [-0.3, -0.25) is 0 Å². The molecule has 1 heterocycles. The van der Waals surface area contributed by atoms with E-state index in [-0.39, 0.29) is 0 Å². The first kappa shape index (κ1) is 12.9. The van der Waals surface area contributed by atoms with Crippen molar-refractivity contribution in [1.82, 2.24) is 0 Å². The highest BCUT2D eigenvalue weighted by molar-refractivity contribution is 7.09. The molecule has 2 nitrogen and oxygen atoms in total. The quantitative estimate of drug-likeness (QED) is 0.651. The van der Waals surface area contributed by atoms with Crippen LogP contribution in [0, 0.1) is 6.92 Å². The van der Waals surface area contributed by atoms with Gasteiger partial charge < -0.3 is 4.74 Å². The van der Waals surface area contributed by atoms with Crippen molar-refractivity contribution in [3.05, 3.63) is 65.0 Å². The molecule has 0 atom stereocenters. The van der Waals surface area contributed by atoms with E-state index in [2.05, 4.69) is 36.1 Å². The minimum Gasteiger partial charge on any atom is -0.457 e. The molecule has 100 valence electrons. The van der Waals surface area contributed by atoms with Gasteiger partial charge in [0.2, 0.25) is 10.7 Å². The molecule has 0 unspecified atom stereocenters. The monoisotopic (exact) mass is 282 g/mol. The van der Waals surface area contributed by atoms with Gasteiger partial charge >= 0.3 is 0 Å². The van der Waals surface area contributed by atoms with Crippen LogP contribution in [0.1, 0.15) is 5.01 Å². The summed E-state index contributed by atoms with van der Waals surface area (Å²) in [5, 5.41) is 3.48. The number of hydrogen-bond acceptors (Lipinski definition) is 2. The van der Waals surface area contributed by atoms with E-state index in [1.54, 1.807) is 11.3 Å². The Bertz CT molecular complexity index is 702. The highest BCUT2D eigenvalue weighted by atomic mass is 32.1. The molecule has 0 aliphatic heterocycles. The maximum atomic E-state index is 5.80. The van der Waals surface area contributed by atoms with E-state index in [1.165, 1.54) is 16.3 Å². The van der Waals surface area contributed by atoms with E-state index >= 15 is 0 Å². The first-order valence-electron chi connectivity index (χ1n) is 6.51. The zero-order chi connectivity index (χ0) is 13.9. The van der Waals surface area contributed by atoms with E-state index in [0.29, 0.717) is 0 Å². The molecular weight excluding hydrogens is 266 g/mol. The van der Waals surface area contributed by atoms with Crippen molar-refractivity contribution < 1.29 is 9.30 Å².